The van der Waals surface area contributed by atoms with Crippen LogP contribution in [-0.2, 0) is 6.54 Å². The Labute approximate surface area is 138 Å². The van der Waals surface area contributed by atoms with Crippen molar-refractivity contribution in [3.63, 3.8) is 0 Å². The van der Waals surface area contributed by atoms with Crippen molar-refractivity contribution in [3.8, 4) is 5.75 Å². The number of aromatic nitrogens is 3. The summed E-state index contributed by atoms with van der Waals surface area (Å²) in [5.74, 6) is 1.22. The van der Waals surface area contributed by atoms with E-state index in [0.29, 0.717) is 23.1 Å². The number of halogens is 1. The number of ether oxygens (including phenoxy) is 1. The summed E-state index contributed by atoms with van der Waals surface area (Å²) in [5.41, 5.74) is 1.30. The van der Waals surface area contributed by atoms with Gasteiger partial charge in [-0.15, -0.1) is 5.10 Å². The van der Waals surface area contributed by atoms with Gasteiger partial charge in [0.15, 0.2) is 5.82 Å². The largest absolute Gasteiger partial charge is 0.495 e. The van der Waals surface area contributed by atoms with Crippen LogP contribution in [0.5, 0.6) is 5.75 Å². The minimum absolute atomic E-state index is 0.270. The van der Waals surface area contributed by atoms with E-state index < -0.39 is 0 Å². The fourth-order valence-corrected chi connectivity index (χ4v) is 2.14. The molecule has 0 bridgehead atoms. The quantitative estimate of drug-likeness (QED) is 0.724. The highest BCUT2D eigenvalue weighted by molar-refractivity contribution is 5.63. The summed E-state index contributed by atoms with van der Waals surface area (Å²) < 4.78 is 18.9. The normalized spacial score (nSPS) is 10.2. The summed E-state index contributed by atoms with van der Waals surface area (Å²) >= 11 is 0. The first-order chi connectivity index (χ1) is 11.8. The number of para-hydroxylation sites is 2. The average molecular weight is 325 g/mol. The molecule has 6 nitrogen and oxygen atoms in total. The second-order valence-corrected chi connectivity index (χ2v) is 4.94. The number of hydrogen-bond acceptors (Lipinski definition) is 6. The Bertz CT molecular complexity index is 827. The zero-order chi connectivity index (χ0) is 16.8. The van der Waals surface area contributed by atoms with Gasteiger partial charge in [0.05, 0.1) is 19.0 Å². The topological polar surface area (TPSA) is 72.0 Å². The lowest BCUT2D eigenvalue weighted by Gasteiger charge is -2.11. The molecule has 2 aromatic carbocycles. The molecule has 122 valence electrons. The molecule has 0 amide bonds. The molecule has 0 fully saturated rings. The van der Waals surface area contributed by atoms with Crippen LogP contribution in [-0.4, -0.2) is 22.3 Å². The maximum absolute atomic E-state index is 13.6. The third kappa shape index (κ3) is 3.75. The van der Waals surface area contributed by atoms with Gasteiger partial charge in [-0.25, -0.2) is 4.39 Å². The molecule has 1 heterocycles. The maximum Gasteiger partial charge on any atom is 0.244 e. The van der Waals surface area contributed by atoms with E-state index in [-0.39, 0.29) is 12.4 Å². The molecule has 0 radical (unpaired) electrons. The molecule has 0 unspecified atom stereocenters. The molecule has 24 heavy (non-hydrogen) atoms. The van der Waals surface area contributed by atoms with Crippen LogP contribution in [0.4, 0.5) is 21.8 Å². The minimum Gasteiger partial charge on any atom is -0.495 e. The van der Waals surface area contributed by atoms with Gasteiger partial charge in [-0.3, -0.25) is 0 Å². The van der Waals surface area contributed by atoms with Gasteiger partial charge >= 0.3 is 0 Å². The van der Waals surface area contributed by atoms with Gasteiger partial charge in [-0.2, -0.15) is 10.1 Å². The van der Waals surface area contributed by atoms with E-state index in [1.165, 1.54) is 12.3 Å². The van der Waals surface area contributed by atoms with Crippen LogP contribution in [0, 0.1) is 5.82 Å². The Morgan fingerprint density at radius 3 is 2.71 bits per heavy atom. The predicted octanol–water partition coefficient (Wildman–Crippen LogP) is 3.38. The van der Waals surface area contributed by atoms with Crippen LogP contribution < -0.4 is 15.4 Å². The molecule has 7 heteroatoms. The number of benzene rings is 2. The summed E-state index contributed by atoms with van der Waals surface area (Å²) in [6, 6.07) is 14.0. The highest BCUT2D eigenvalue weighted by Crippen LogP contribution is 2.26. The zero-order valence-electron chi connectivity index (χ0n) is 13.0. The van der Waals surface area contributed by atoms with Crippen LogP contribution in [0.2, 0.25) is 0 Å². The van der Waals surface area contributed by atoms with Gasteiger partial charge in [0.2, 0.25) is 5.95 Å². The fraction of sp³-hybridized carbons (Fsp3) is 0.118. The first kappa shape index (κ1) is 15.7. The summed E-state index contributed by atoms with van der Waals surface area (Å²) in [4.78, 5) is 4.31. The van der Waals surface area contributed by atoms with Crippen molar-refractivity contribution >= 4 is 17.5 Å². The van der Waals surface area contributed by atoms with Crippen LogP contribution in [0.15, 0.2) is 54.7 Å². The molecule has 0 atom stereocenters. The maximum atomic E-state index is 13.6. The molecule has 2 N–H and O–H groups in total. The predicted molar refractivity (Wildman–Crippen MR) is 89.8 cm³/mol. The van der Waals surface area contributed by atoms with Gasteiger partial charge in [0, 0.05) is 12.1 Å². The van der Waals surface area contributed by atoms with Crippen molar-refractivity contribution in [2.45, 2.75) is 6.54 Å². The Morgan fingerprint density at radius 2 is 1.88 bits per heavy atom. The lowest BCUT2D eigenvalue weighted by Crippen LogP contribution is -2.07. The van der Waals surface area contributed by atoms with E-state index in [2.05, 4.69) is 25.8 Å². The van der Waals surface area contributed by atoms with Crippen LogP contribution in [0.25, 0.3) is 0 Å². The molecule has 0 saturated carbocycles. The smallest absolute Gasteiger partial charge is 0.244 e. The first-order valence-corrected chi connectivity index (χ1v) is 7.33. The SMILES string of the molecule is COc1ccccc1Nc1cnnc(NCc2ccccc2F)n1. The van der Waals surface area contributed by atoms with Crippen molar-refractivity contribution in [2.75, 3.05) is 17.7 Å². The van der Waals surface area contributed by atoms with Crippen molar-refractivity contribution in [1.29, 1.82) is 0 Å². The van der Waals surface area contributed by atoms with E-state index in [9.17, 15) is 4.39 Å². The van der Waals surface area contributed by atoms with E-state index in [4.69, 9.17) is 4.74 Å². The average Bonchev–Trinajstić information content (AvgIpc) is 2.62. The molecule has 0 saturated heterocycles. The van der Waals surface area contributed by atoms with Gasteiger partial charge in [-0.1, -0.05) is 30.3 Å². The van der Waals surface area contributed by atoms with Crippen LogP contribution in [0.1, 0.15) is 5.56 Å². The molecule has 0 aliphatic heterocycles. The number of methoxy groups -OCH3 is 1. The van der Waals surface area contributed by atoms with E-state index in [1.54, 1.807) is 25.3 Å². The van der Waals surface area contributed by atoms with Crippen molar-refractivity contribution in [1.82, 2.24) is 15.2 Å². The highest BCUT2D eigenvalue weighted by atomic mass is 19.1. The van der Waals surface area contributed by atoms with Gasteiger partial charge in [-0.05, 0) is 18.2 Å². The Morgan fingerprint density at radius 1 is 1.08 bits per heavy atom. The lowest BCUT2D eigenvalue weighted by atomic mass is 10.2. The summed E-state index contributed by atoms with van der Waals surface area (Å²) in [6.07, 6.45) is 1.50. The molecule has 0 aliphatic carbocycles. The van der Waals surface area contributed by atoms with Gasteiger partial charge in [0.1, 0.15) is 11.6 Å². The van der Waals surface area contributed by atoms with Crippen LogP contribution in [0.3, 0.4) is 0 Å². The molecule has 3 aromatic rings. The van der Waals surface area contributed by atoms with E-state index >= 15 is 0 Å². The second kappa shape index (κ2) is 7.36. The Balaban J connectivity index is 1.71. The minimum atomic E-state index is -0.277. The third-order valence-corrected chi connectivity index (χ3v) is 3.32. The molecule has 3 rings (SSSR count). The Kier molecular flexibility index (Phi) is 4.81. The number of nitrogens with zero attached hydrogens (tertiary/aromatic N) is 3. The molecular formula is C17H16FN5O. The molecule has 0 aliphatic rings. The number of anilines is 3. The van der Waals surface area contributed by atoms with Crippen LogP contribution >= 0.6 is 0 Å². The summed E-state index contributed by atoms with van der Waals surface area (Å²) in [6.45, 7) is 0.270. The highest BCUT2D eigenvalue weighted by Gasteiger charge is 2.06. The number of nitrogens with one attached hydrogen (secondary N) is 2. The Hall–Kier alpha value is -3.22. The molecule has 1 aromatic heterocycles. The lowest BCUT2D eigenvalue weighted by molar-refractivity contribution is 0.417. The second-order valence-electron chi connectivity index (χ2n) is 4.94. The summed E-state index contributed by atoms with van der Waals surface area (Å²) in [5, 5.41) is 13.9. The van der Waals surface area contributed by atoms with Gasteiger partial charge in [0.25, 0.3) is 0 Å². The van der Waals surface area contributed by atoms with Crippen molar-refractivity contribution < 1.29 is 9.13 Å². The number of hydrogen-bond donors (Lipinski definition) is 2. The third-order valence-electron chi connectivity index (χ3n) is 3.32. The van der Waals surface area contributed by atoms with Crippen molar-refractivity contribution in [3.05, 3.63) is 66.1 Å². The van der Waals surface area contributed by atoms with E-state index in [1.807, 2.05) is 24.3 Å². The zero-order valence-corrected chi connectivity index (χ0v) is 13.0. The first-order valence-electron chi connectivity index (χ1n) is 7.33. The standard InChI is InChI=1S/C17H16FN5O/c1-24-15-9-5-4-8-14(15)21-16-11-20-23-17(22-16)19-10-12-6-2-3-7-13(12)18/h2-9,11H,10H2,1H3,(H2,19,21,22,23). The fourth-order valence-electron chi connectivity index (χ4n) is 2.14. The number of rotatable bonds is 6. The van der Waals surface area contributed by atoms with E-state index in [0.717, 1.165) is 5.69 Å². The molecule has 0 spiro atoms. The van der Waals surface area contributed by atoms with Crippen molar-refractivity contribution in [2.24, 2.45) is 0 Å². The summed E-state index contributed by atoms with van der Waals surface area (Å²) in [7, 11) is 1.60. The molecular weight excluding hydrogens is 309 g/mol. The monoisotopic (exact) mass is 325 g/mol. The van der Waals surface area contributed by atoms with Gasteiger partial charge < -0.3 is 15.4 Å².